The van der Waals surface area contributed by atoms with Gasteiger partial charge in [0.05, 0.1) is 12.1 Å². The number of rotatable bonds is 31. The van der Waals surface area contributed by atoms with Gasteiger partial charge in [0.25, 0.3) is 5.91 Å². The van der Waals surface area contributed by atoms with E-state index in [9.17, 15) is 14.4 Å². The largest absolute Gasteiger partial charge is 0.494 e. The number of nitrogens with zero attached hydrogens (tertiary/aromatic N) is 3. The maximum atomic E-state index is 14.5. The van der Waals surface area contributed by atoms with Gasteiger partial charge < -0.3 is 20.1 Å². The zero-order chi connectivity index (χ0) is 41.3. The van der Waals surface area contributed by atoms with Crippen LogP contribution in [0.5, 0.6) is 5.75 Å². The van der Waals surface area contributed by atoms with Gasteiger partial charge in [-0.3, -0.25) is 14.4 Å². The molecule has 0 saturated carbocycles. The fraction of sp³-hybridized carbons (Fsp3) is 0.562. The van der Waals surface area contributed by atoms with Gasteiger partial charge in [0, 0.05) is 30.5 Å². The molecule has 0 saturated heterocycles. The van der Waals surface area contributed by atoms with Crippen molar-refractivity contribution in [1.82, 2.24) is 15.0 Å². The zero-order valence-electron chi connectivity index (χ0n) is 35.6. The van der Waals surface area contributed by atoms with E-state index in [1.54, 1.807) is 66.7 Å². The van der Waals surface area contributed by atoms with Crippen LogP contribution in [0.15, 0.2) is 72.8 Å². The second-order valence-electron chi connectivity index (χ2n) is 15.6. The lowest BCUT2D eigenvalue weighted by molar-refractivity contribution is -0.143. The van der Waals surface area contributed by atoms with Gasteiger partial charge in [-0.2, -0.15) is 4.68 Å². The summed E-state index contributed by atoms with van der Waals surface area (Å²) < 4.78 is 13.1. The van der Waals surface area contributed by atoms with Crippen LogP contribution in [0.1, 0.15) is 165 Å². The Balaban J connectivity index is 1.31. The van der Waals surface area contributed by atoms with E-state index in [4.69, 9.17) is 9.47 Å². The van der Waals surface area contributed by atoms with E-state index in [0.717, 1.165) is 38.5 Å². The number of para-hydroxylation sites is 1. The predicted molar refractivity (Wildman–Crippen MR) is 235 cm³/mol. The van der Waals surface area contributed by atoms with Crippen LogP contribution in [0.25, 0.3) is 11.0 Å². The summed E-state index contributed by atoms with van der Waals surface area (Å²) in [4.78, 5) is 41.4. The third-order valence-corrected chi connectivity index (χ3v) is 10.9. The first-order valence-electron chi connectivity index (χ1n) is 22.3. The third-order valence-electron chi connectivity index (χ3n) is 10.9. The minimum atomic E-state index is -2.25. The Labute approximate surface area is 347 Å². The highest BCUT2D eigenvalue weighted by Crippen LogP contribution is 2.31. The van der Waals surface area contributed by atoms with Crippen molar-refractivity contribution in [3.63, 3.8) is 0 Å². The molecule has 0 bridgehead atoms. The van der Waals surface area contributed by atoms with E-state index < -0.39 is 17.4 Å². The van der Waals surface area contributed by atoms with Crippen LogP contribution in [0, 0.1) is 0 Å². The quantitative estimate of drug-likeness (QED) is 0.0295. The number of anilines is 2. The molecule has 10 nitrogen and oxygen atoms in total. The maximum absolute atomic E-state index is 14.5. The second-order valence-corrected chi connectivity index (χ2v) is 15.6. The second kappa shape index (κ2) is 26.4. The van der Waals surface area contributed by atoms with Gasteiger partial charge in [0.2, 0.25) is 11.7 Å². The van der Waals surface area contributed by atoms with Gasteiger partial charge in [-0.1, -0.05) is 159 Å². The Morgan fingerprint density at radius 2 is 1.17 bits per heavy atom. The molecule has 1 heterocycles. The topological polar surface area (TPSA) is 124 Å². The summed E-state index contributed by atoms with van der Waals surface area (Å²) in [5.74, 6) is -0.789. The zero-order valence-corrected chi connectivity index (χ0v) is 35.6. The summed E-state index contributed by atoms with van der Waals surface area (Å²) >= 11 is 0. The fourth-order valence-corrected chi connectivity index (χ4v) is 7.39. The third kappa shape index (κ3) is 14.7. The molecule has 0 aliphatic heterocycles. The van der Waals surface area contributed by atoms with Crippen LogP contribution in [-0.4, -0.2) is 46.3 Å². The van der Waals surface area contributed by atoms with Crippen molar-refractivity contribution in [2.24, 2.45) is 0 Å². The minimum Gasteiger partial charge on any atom is -0.494 e. The van der Waals surface area contributed by atoms with Crippen molar-refractivity contribution in [2.75, 3.05) is 24.4 Å². The average Bonchev–Trinajstić information content (AvgIpc) is 3.66. The van der Waals surface area contributed by atoms with Gasteiger partial charge in [0.1, 0.15) is 11.3 Å². The van der Waals surface area contributed by atoms with E-state index in [0.29, 0.717) is 41.2 Å². The lowest BCUT2D eigenvalue weighted by Gasteiger charge is -2.30. The summed E-state index contributed by atoms with van der Waals surface area (Å²) in [6, 6.07) is 20.7. The van der Waals surface area contributed by atoms with Crippen molar-refractivity contribution in [3.05, 3.63) is 78.4 Å². The fourth-order valence-electron chi connectivity index (χ4n) is 7.39. The number of ketones is 1. The van der Waals surface area contributed by atoms with Gasteiger partial charge in [-0.15, -0.1) is 5.10 Å². The molecule has 4 aromatic rings. The molecule has 1 atom stereocenters. The summed E-state index contributed by atoms with van der Waals surface area (Å²) in [6.45, 7) is 5.03. The molecule has 0 aliphatic rings. The molecule has 0 radical (unpaired) electrons. The average molecular weight is 796 g/mol. The normalized spacial score (nSPS) is 12.3. The monoisotopic (exact) mass is 796 g/mol. The summed E-state index contributed by atoms with van der Waals surface area (Å²) in [7, 11) is 1.31. The lowest BCUT2D eigenvalue weighted by atomic mass is 9.98. The number of unbranched alkanes of at least 4 members (excludes halogenated alkanes) is 19. The number of carbonyl (C=O) groups is 3. The van der Waals surface area contributed by atoms with Crippen LogP contribution in [-0.2, 0) is 20.1 Å². The first-order chi connectivity index (χ1) is 28.4. The first kappa shape index (κ1) is 46.1. The highest BCUT2D eigenvalue weighted by molar-refractivity contribution is 6.18. The maximum Gasteiger partial charge on any atom is 0.307 e. The standard InChI is InChI=1S/C48H69N5O5/c1-4-6-8-10-11-12-13-14-15-16-17-18-19-20-22-27-37-58-42-34-31-39(32-35-42)46(55)48(57-3,47(56)50-40-28-24-23-25-29-40)53-44-36-33-41(38-43(44)51-52-53)49-45(54)30-26-21-9-7-5-2/h23-25,28-29,31-36,38H,4-22,26-27,30,37H2,1-3H3,(H,49,54)(H,50,56). The van der Waals surface area contributed by atoms with Crippen LogP contribution in [0.4, 0.5) is 11.4 Å². The van der Waals surface area contributed by atoms with Crippen molar-refractivity contribution < 1.29 is 23.9 Å². The number of benzene rings is 3. The van der Waals surface area contributed by atoms with E-state index in [2.05, 4.69) is 34.8 Å². The number of hydrogen-bond acceptors (Lipinski definition) is 7. The molecule has 1 aromatic heterocycles. The number of carbonyl (C=O) groups excluding carboxylic acids is 3. The van der Waals surface area contributed by atoms with Gasteiger partial charge in [-0.05, 0) is 67.4 Å². The molecule has 4 rings (SSSR count). The van der Waals surface area contributed by atoms with Crippen LogP contribution < -0.4 is 15.4 Å². The molecule has 0 spiro atoms. The molecule has 2 N–H and O–H groups in total. The molecular weight excluding hydrogens is 727 g/mol. The van der Waals surface area contributed by atoms with Gasteiger partial charge >= 0.3 is 5.72 Å². The van der Waals surface area contributed by atoms with Gasteiger partial charge in [-0.25, -0.2) is 0 Å². The van der Waals surface area contributed by atoms with Crippen LogP contribution in [0.3, 0.4) is 0 Å². The number of methoxy groups -OCH3 is 1. The van der Waals surface area contributed by atoms with E-state index in [1.165, 1.54) is 108 Å². The number of nitrogens with one attached hydrogen (secondary N) is 2. The molecular formula is C48H69N5O5. The van der Waals surface area contributed by atoms with Crippen molar-refractivity contribution >= 4 is 40.0 Å². The highest BCUT2D eigenvalue weighted by atomic mass is 16.5. The highest BCUT2D eigenvalue weighted by Gasteiger charge is 2.51. The number of hydrogen-bond donors (Lipinski definition) is 2. The molecule has 2 amide bonds. The number of amides is 2. The van der Waals surface area contributed by atoms with Crippen LogP contribution in [0.2, 0.25) is 0 Å². The number of ether oxygens (including phenoxy) is 2. The Hall–Kier alpha value is -4.57. The van der Waals surface area contributed by atoms with Gasteiger partial charge in [0.15, 0.2) is 0 Å². The Morgan fingerprint density at radius 1 is 0.621 bits per heavy atom. The SMILES string of the molecule is CCCCCCCCCCCCCCCCCCOc1ccc(C(=O)C(OC)(C(=O)Nc2ccccc2)n2nnc3cc(NC(=O)CCCCCCC)ccc32)cc1. The summed E-state index contributed by atoms with van der Waals surface area (Å²) in [5, 5.41) is 14.4. The molecule has 316 valence electrons. The Bertz CT molecular complexity index is 1780. The Morgan fingerprint density at radius 3 is 1.74 bits per heavy atom. The molecule has 1 unspecified atom stereocenters. The molecule has 3 aromatic carbocycles. The van der Waals surface area contributed by atoms with Crippen LogP contribution >= 0.6 is 0 Å². The number of fused-ring (bicyclic) bond motifs is 1. The smallest absolute Gasteiger partial charge is 0.307 e. The van der Waals surface area contributed by atoms with E-state index >= 15 is 0 Å². The predicted octanol–water partition coefficient (Wildman–Crippen LogP) is 12.2. The van der Waals surface area contributed by atoms with Crippen molar-refractivity contribution in [1.29, 1.82) is 0 Å². The number of aromatic nitrogens is 3. The summed E-state index contributed by atoms with van der Waals surface area (Å²) in [6.07, 6.45) is 26.8. The van der Waals surface area contributed by atoms with Crippen molar-refractivity contribution in [2.45, 2.75) is 161 Å². The first-order valence-corrected chi connectivity index (χ1v) is 22.3. The number of Topliss-reactive ketones (excluding diaryl/α,β-unsaturated/α-hetero) is 1. The minimum absolute atomic E-state index is 0.0793. The molecule has 0 fully saturated rings. The molecule has 58 heavy (non-hydrogen) atoms. The lowest BCUT2D eigenvalue weighted by Crippen LogP contribution is -2.54. The summed E-state index contributed by atoms with van der Waals surface area (Å²) in [5.41, 5.74) is -0.189. The van der Waals surface area contributed by atoms with E-state index in [1.807, 2.05) is 6.07 Å². The van der Waals surface area contributed by atoms with E-state index in [-0.39, 0.29) is 11.5 Å². The van der Waals surface area contributed by atoms with Crippen molar-refractivity contribution in [3.8, 4) is 5.75 Å². The molecule has 10 heteroatoms. The molecule has 0 aliphatic carbocycles. The Kier molecular flexibility index (Phi) is 21.0.